The van der Waals surface area contributed by atoms with Crippen LogP contribution in [0.3, 0.4) is 0 Å². The van der Waals surface area contributed by atoms with E-state index >= 15 is 0 Å². The van der Waals surface area contributed by atoms with Crippen LogP contribution in [0.2, 0.25) is 5.02 Å². The fraction of sp³-hybridized carbons (Fsp3) is 0.400. The van der Waals surface area contributed by atoms with Gasteiger partial charge in [-0.3, -0.25) is 9.78 Å². The molecule has 0 saturated heterocycles. The number of carbonyl (C=O) groups is 1. The van der Waals surface area contributed by atoms with Crippen molar-refractivity contribution in [3.63, 3.8) is 0 Å². The molecule has 0 saturated carbocycles. The van der Waals surface area contributed by atoms with Crippen molar-refractivity contribution in [2.45, 2.75) is 18.7 Å². The summed E-state index contributed by atoms with van der Waals surface area (Å²) in [6.07, 6.45) is -1.83. The van der Waals surface area contributed by atoms with E-state index in [1.165, 1.54) is 13.3 Å². The highest BCUT2D eigenvalue weighted by molar-refractivity contribution is 6.32. The van der Waals surface area contributed by atoms with Gasteiger partial charge in [-0.25, -0.2) is 8.78 Å². The second-order valence-corrected chi connectivity index (χ2v) is 3.79. The lowest BCUT2D eigenvalue weighted by Crippen LogP contribution is -2.09. The predicted octanol–water partition coefficient (Wildman–Crippen LogP) is 3.13. The molecule has 17 heavy (non-hydrogen) atoms. The van der Waals surface area contributed by atoms with E-state index in [1.54, 1.807) is 0 Å². The number of halogens is 4. The van der Waals surface area contributed by atoms with Crippen LogP contribution in [-0.4, -0.2) is 18.1 Å². The Bertz CT molecular complexity index is 427. The van der Waals surface area contributed by atoms with Gasteiger partial charge in [0.05, 0.1) is 24.2 Å². The number of hydrogen-bond donors (Lipinski definition) is 0. The summed E-state index contributed by atoms with van der Waals surface area (Å²) in [7, 11) is 1.19. The van der Waals surface area contributed by atoms with Crippen LogP contribution in [0.5, 0.6) is 0 Å². The Morgan fingerprint density at radius 2 is 2.24 bits per heavy atom. The van der Waals surface area contributed by atoms with E-state index in [1.807, 2.05) is 0 Å². The number of hydrogen-bond acceptors (Lipinski definition) is 3. The smallest absolute Gasteiger partial charge is 0.311 e. The van der Waals surface area contributed by atoms with Crippen molar-refractivity contribution in [3.05, 3.63) is 28.0 Å². The van der Waals surface area contributed by atoms with Gasteiger partial charge in [-0.05, 0) is 5.56 Å². The van der Waals surface area contributed by atoms with Gasteiger partial charge in [-0.1, -0.05) is 11.6 Å². The summed E-state index contributed by atoms with van der Waals surface area (Å²) < 4.78 is 30.0. The average Bonchev–Trinajstić information content (AvgIpc) is 2.30. The monoisotopic (exact) mass is 283 g/mol. The van der Waals surface area contributed by atoms with Gasteiger partial charge >= 0.3 is 5.97 Å². The number of methoxy groups -OCH3 is 1. The Morgan fingerprint density at radius 1 is 1.59 bits per heavy atom. The Hall–Kier alpha value is -0.940. The lowest BCUT2D eigenvalue weighted by molar-refractivity contribution is -0.139. The van der Waals surface area contributed by atoms with Crippen molar-refractivity contribution in [1.29, 1.82) is 0 Å². The minimum atomic E-state index is -2.77. The summed E-state index contributed by atoms with van der Waals surface area (Å²) in [6, 6.07) is 0. The predicted molar refractivity (Wildman–Crippen MR) is 59.5 cm³/mol. The molecule has 0 N–H and O–H groups in total. The molecule has 7 heteroatoms. The topological polar surface area (TPSA) is 39.2 Å². The highest BCUT2D eigenvalue weighted by Gasteiger charge is 2.21. The third-order valence-electron chi connectivity index (χ3n) is 2.11. The minimum absolute atomic E-state index is 0.0580. The Morgan fingerprint density at radius 3 is 2.71 bits per heavy atom. The Balaban J connectivity index is 3.18. The van der Waals surface area contributed by atoms with Crippen LogP contribution in [-0.2, 0) is 21.8 Å². The number of rotatable bonds is 4. The van der Waals surface area contributed by atoms with Crippen LogP contribution in [0.25, 0.3) is 0 Å². The van der Waals surface area contributed by atoms with Crippen LogP contribution in [0.1, 0.15) is 23.2 Å². The summed E-state index contributed by atoms with van der Waals surface area (Å²) in [6.45, 7) is 0. The second-order valence-electron chi connectivity index (χ2n) is 3.15. The summed E-state index contributed by atoms with van der Waals surface area (Å²) >= 11 is 11.3. The van der Waals surface area contributed by atoms with Crippen molar-refractivity contribution in [3.8, 4) is 0 Å². The van der Waals surface area contributed by atoms with Crippen molar-refractivity contribution in [2.24, 2.45) is 0 Å². The number of aromatic nitrogens is 1. The number of pyridine rings is 1. The zero-order valence-electron chi connectivity index (χ0n) is 8.84. The third kappa shape index (κ3) is 3.26. The Kier molecular flexibility index (Phi) is 5.08. The number of alkyl halides is 3. The largest absolute Gasteiger partial charge is 0.469 e. The number of nitrogens with zero attached hydrogens (tertiary/aromatic N) is 1. The van der Waals surface area contributed by atoms with Crippen molar-refractivity contribution in [2.75, 3.05) is 7.11 Å². The molecule has 0 unspecified atom stereocenters. The molecule has 0 spiro atoms. The molecule has 0 atom stereocenters. The van der Waals surface area contributed by atoms with Gasteiger partial charge in [0.15, 0.2) is 0 Å². The highest BCUT2D eigenvalue weighted by Crippen LogP contribution is 2.32. The van der Waals surface area contributed by atoms with Crippen LogP contribution >= 0.6 is 23.2 Å². The summed E-state index contributed by atoms with van der Waals surface area (Å²) in [4.78, 5) is 14.9. The van der Waals surface area contributed by atoms with Gasteiger partial charge in [0.25, 0.3) is 6.43 Å². The molecule has 3 nitrogen and oxygen atoms in total. The van der Waals surface area contributed by atoms with E-state index in [4.69, 9.17) is 23.2 Å². The maximum atomic E-state index is 12.8. The van der Waals surface area contributed by atoms with E-state index in [0.29, 0.717) is 0 Å². The lowest BCUT2D eigenvalue weighted by Gasteiger charge is -2.11. The molecule has 94 valence electrons. The normalized spacial score (nSPS) is 10.7. The molecule has 0 bridgehead atoms. The lowest BCUT2D eigenvalue weighted by atomic mass is 10.1. The van der Waals surface area contributed by atoms with Crippen LogP contribution in [0.15, 0.2) is 6.20 Å². The van der Waals surface area contributed by atoms with Crippen LogP contribution < -0.4 is 0 Å². The zero-order valence-corrected chi connectivity index (χ0v) is 10.4. The van der Waals surface area contributed by atoms with Gasteiger partial charge in [-0.2, -0.15) is 0 Å². The second kappa shape index (κ2) is 6.12. The molecule has 0 aliphatic carbocycles. The van der Waals surface area contributed by atoms with Crippen molar-refractivity contribution in [1.82, 2.24) is 4.98 Å². The molecule has 0 radical (unpaired) electrons. The van der Waals surface area contributed by atoms with Crippen molar-refractivity contribution < 1.29 is 18.3 Å². The number of ether oxygens (including phenoxy) is 1. The first kappa shape index (κ1) is 14.1. The standard InChI is InChI=1S/C10H9Cl2F2NO2/c1-17-7(16)2-6-9(12)8(10(13)14)5(3-11)4-15-6/h4,10H,2-3H2,1H3. The van der Waals surface area contributed by atoms with Gasteiger partial charge in [0, 0.05) is 17.6 Å². The maximum Gasteiger partial charge on any atom is 0.311 e. The quantitative estimate of drug-likeness (QED) is 0.630. The zero-order chi connectivity index (χ0) is 13.0. The first-order valence-electron chi connectivity index (χ1n) is 4.58. The first-order chi connectivity index (χ1) is 8.01. The average molecular weight is 284 g/mol. The molecule has 0 fully saturated rings. The fourth-order valence-electron chi connectivity index (χ4n) is 1.25. The number of esters is 1. The van der Waals surface area contributed by atoms with E-state index < -0.39 is 12.4 Å². The minimum Gasteiger partial charge on any atom is -0.469 e. The molecule has 0 aliphatic heterocycles. The van der Waals surface area contributed by atoms with Crippen LogP contribution in [0, 0.1) is 0 Å². The number of carbonyl (C=O) groups excluding carboxylic acids is 1. The first-order valence-corrected chi connectivity index (χ1v) is 5.49. The molecular formula is C10H9Cl2F2NO2. The summed E-state index contributed by atoms with van der Waals surface area (Å²) in [5, 5.41) is -0.233. The SMILES string of the molecule is COC(=O)Cc1ncc(CCl)c(C(F)F)c1Cl. The van der Waals surface area contributed by atoms with Gasteiger partial charge in [0.2, 0.25) is 0 Å². The Labute approximate surface area is 107 Å². The molecule has 1 heterocycles. The molecule has 0 aliphatic rings. The van der Waals surface area contributed by atoms with E-state index in [2.05, 4.69) is 9.72 Å². The highest BCUT2D eigenvalue weighted by atomic mass is 35.5. The van der Waals surface area contributed by atoms with E-state index in [-0.39, 0.29) is 34.1 Å². The molecular weight excluding hydrogens is 275 g/mol. The van der Waals surface area contributed by atoms with Gasteiger partial charge in [0.1, 0.15) is 0 Å². The third-order valence-corrected chi connectivity index (χ3v) is 2.82. The molecule has 1 aromatic rings. The van der Waals surface area contributed by atoms with Gasteiger partial charge < -0.3 is 4.74 Å². The summed E-state index contributed by atoms with van der Waals surface area (Å²) in [5.41, 5.74) is -0.168. The van der Waals surface area contributed by atoms with E-state index in [0.717, 1.165) is 0 Å². The van der Waals surface area contributed by atoms with E-state index in [9.17, 15) is 13.6 Å². The van der Waals surface area contributed by atoms with Crippen molar-refractivity contribution >= 4 is 29.2 Å². The van der Waals surface area contributed by atoms with Crippen LogP contribution in [0.4, 0.5) is 8.78 Å². The fourth-order valence-corrected chi connectivity index (χ4v) is 1.79. The van der Waals surface area contributed by atoms with Gasteiger partial charge in [-0.15, -0.1) is 11.6 Å². The molecule has 0 aromatic carbocycles. The summed E-state index contributed by atoms with van der Waals surface area (Å²) in [5.74, 6) is -0.719. The maximum absolute atomic E-state index is 12.8. The molecule has 1 aromatic heterocycles. The molecule has 1 rings (SSSR count). The molecule has 0 amide bonds.